The number of hydrogen-bond donors (Lipinski definition) is 1. The van der Waals surface area contributed by atoms with E-state index in [0.29, 0.717) is 11.6 Å². The largest absolute Gasteiger partial charge is 0.434 e. The van der Waals surface area contributed by atoms with Crippen LogP contribution in [0.4, 0.5) is 17.3 Å². The van der Waals surface area contributed by atoms with Crippen molar-refractivity contribution in [1.29, 1.82) is 0 Å². The molecular formula is C18H17N5O3. The number of ether oxygens (including phenoxy) is 1. The van der Waals surface area contributed by atoms with Crippen LogP contribution in [0.1, 0.15) is 16.7 Å². The summed E-state index contributed by atoms with van der Waals surface area (Å²) >= 11 is 0. The summed E-state index contributed by atoms with van der Waals surface area (Å²) in [7, 11) is 0. The lowest BCUT2D eigenvalue weighted by Gasteiger charge is -2.10. The summed E-state index contributed by atoms with van der Waals surface area (Å²) in [5.74, 6) is 0.784. The van der Waals surface area contributed by atoms with Gasteiger partial charge in [-0.25, -0.2) is 9.97 Å². The predicted molar refractivity (Wildman–Crippen MR) is 96.9 cm³/mol. The van der Waals surface area contributed by atoms with Gasteiger partial charge in [0, 0.05) is 6.20 Å². The van der Waals surface area contributed by atoms with Crippen LogP contribution in [0.2, 0.25) is 0 Å². The number of rotatable bonds is 5. The third-order valence-electron chi connectivity index (χ3n) is 3.82. The molecule has 8 heteroatoms. The fourth-order valence-corrected chi connectivity index (χ4v) is 2.25. The fraction of sp³-hybridized carbons (Fsp3) is 0.167. The Morgan fingerprint density at radius 2 is 1.85 bits per heavy atom. The van der Waals surface area contributed by atoms with E-state index in [1.807, 2.05) is 32.9 Å². The van der Waals surface area contributed by atoms with Crippen molar-refractivity contribution in [1.82, 2.24) is 15.0 Å². The Kier molecular flexibility index (Phi) is 4.74. The van der Waals surface area contributed by atoms with E-state index in [1.165, 1.54) is 6.33 Å². The van der Waals surface area contributed by atoms with Gasteiger partial charge in [-0.15, -0.1) is 0 Å². The SMILES string of the molecule is Cc1ccc(Nc2ncnc(Oc3ccc(C)c(C)c3)c2[N+](=O)[O-])nc1. The molecule has 0 spiro atoms. The molecule has 3 rings (SSSR count). The fourth-order valence-electron chi connectivity index (χ4n) is 2.25. The van der Waals surface area contributed by atoms with Gasteiger partial charge in [0.05, 0.1) is 4.92 Å². The van der Waals surface area contributed by atoms with Crippen LogP contribution in [0.25, 0.3) is 0 Å². The van der Waals surface area contributed by atoms with Crippen LogP contribution >= 0.6 is 0 Å². The summed E-state index contributed by atoms with van der Waals surface area (Å²) in [5, 5.41) is 14.4. The average molecular weight is 351 g/mol. The zero-order chi connectivity index (χ0) is 18.7. The van der Waals surface area contributed by atoms with Crippen LogP contribution in [0.3, 0.4) is 0 Å². The van der Waals surface area contributed by atoms with Crippen molar-refractivity contribution >= 4 is 17.3 Å². The van der Waals surface area contributed by atoms with Gasteiger partial charge in [-0.05, 0) is 55.7 Å². The summed E-state index contributed by atoms with van der Waals surface area (Å²) in [6.45, 7) is 5.81. The summed E-state index contributed by atoms with van der Waals surface area (Å²) in [6, 6.07) is 8.98. The minimum absolute atomic E-state index is 0.0141. The van der Waals surface area contributed by atoms with Crippen molar-refractivity contribution in [3.63, 3.8) is 0 Å². The van der Waals surface area contributed by atoms with Crippen molar-refractivity contribution in [3.05, 3.63) is 69.7 Å². The van der Waals surface area contributed by atoms with Crippen molar-refractivity contribution in [2.24, 2.45) is 0 Å². The highest BCUT2D eigenvalue weighted by atomic mass is 16.6. The van der Waals surface area contributed by atoms with Gasteiger partial charge >= 0.3 is 11.6 Å². The molecule has 2 aromatic heterocycles. The summed E-state index contributed by atoms with van der Waals surface area (Å²) in [5.41, 5.74) is 2.74. The standard InChI is InChI=1S/C18H17N5O3/c1-11-4-7-15(19-9-11)22-17-16(23(24)25)18(21-10-20-17)26-14-6-5-12(2)13(3)8-14/h4-10H,1-3H3,(H,19,20,21,22). The monoisotopic (exact) mass is 351 g/mol. The zero-order valence-corrected chi connectivity index (χ0v) is 14.6. The molecule has 0 aliphatic heterocycles. The second kappa shape index (κ2) is 7.14. The molecule has 1 aromatic carbocycles. The number of anilines is 2. The summed E-state index contributed by atoms with van der Waals surface area (Å²) in [4.78, 5) is 23.1. The van der Waals surface area contributed by atoms with Gasteiger partial charge in [0.25, 0.3) is 0 Å². The van der Waals surface area contributed by atoms with Gasteiger partial charge in [-0.2, -0.15) is 4.98 Å². The molecule has 0 atom stereocenters. The number of aryl methyl sites for hydroxylation is 3. The van der Waals surface area contributed by atoms with Crippen LogP contribution in [0.15, 0.2) is 42.9 Å². The molecule has 0 saturated heterocycles. The first kappa shape index (κ1) is 17.3. The Morgan fingerprint density at radius 3 is 2.50 bits per heavy atom. The normalized spacial score (nSPS) is 10.4. The predicted octanol–water partition coefficient (Wildman–Crippen LogP) is 4.24. The van der Waals surface area contributed by atoms with E-state index in [1.54, 1.807) is 24.4 Å². The molecule has 0 radical (unpaired) electrons. The molecular weight excluding hydrogens is 334 g/mol. The molecule has 0 aliphatic carbocycles. The maximum atomic E-state index is 11.6. The first-order chi connectivity index (χ1) is 12.4. The van der Waals surface area contributed by atoms with Gasteiger partial charge < -0.3 is 10.1 Å². The molecule has 3 aromatic rings. The quantitative estimate of drug-likeness (QED) is 0.541. The molecule has 0 unspecified atom stereocenters. The summed E-state index contributed by atoms with van der Waals surface area (Å²) < 4.78 is 5.65. The van der Waals surface area contributed by atoms with Gasteiger partial charge in [-0.3, -0.25) is 10.1 Å². The number of benzene rings is 1. The molecule has 132 valence electrons. The van der Waals surface area contributed by atoms with E-state index >= 15 is 0 Å². The highest BCUT2D eigenvalue weighted by Gasteiger charge is 2.25. The Bertz CT molecular complexity index is 958. The van der Waals surface area contributed by atoms with E-state index in [0.717, 1.165) is 16.7 Å². The second-order valence-corrected chi connectivity index (χ2v) is 5.83. The van der Waals surface area contributed by atoms with Gasteiger partial charge in [0.15, 0.2) is 0 Å². The Balaban J connectivity index is 1.96. The van der Waals surface area contributed by atoms with Crippen LogP contribution in [-0.2, 0) is 0 Å². The molecule has 0 amide bonds. The van der Waals surface area contributed by atoms with E-state index < -0.39 is 4.92 Å². The first-order valence-electron chi connectivity index (χ1n) is 7.88. The van der Waals surface area contributed by atoms with Gasteiger partial charge in [0.2, 0.25) is 5.82 Å². The van der Waals surface area contributed by atoms with E-state index in [9.17, 15) is 10.1 Å². The Hall–Kier alpha value is -3.55. The number of hydrogen-bond acceptors (Lipinski definition) is 7. The molecule has 8 nitrogen and oxygen atoms in total. The van der Waals surface area contributed by atoms with Crippen molar-refractivity contribution in [2.75, 3.05) is 5.32 Å². The molecule has 0 bridgehead atoms. The molecule has 2 heterocycles. The minimum Gasteiger partial charge on any atom is -0.434 e. The Morgan fingerprint density at radius 1 is 1.04 bits per heavy atom. The average Bonchev–Trinajstić information content (AvgIpc) is 2.60. The van der Waals surface area contributed by atoms with Gasteiger partial charge in [-0.1, -0.05) is 12.1 Å². The maximum Gasteiger partial charge on any atom is 0.373 e. The second-order valence-electron chi connectivity index (χ2n) is 5.83. The van der Waals surface area contributed by atoms with Crippen LogP contribution in [0, 0.1) is 30.9 Å². The third-order valence-corrected chi connectivity index (χ3v) is 3.82. The Labute approximate surface area is 150 Å². The van der Waals surface area contributed by atoms with Crippen LogP contribution in [-0.4, -0.2) is 19.9 Å². The topological polar surface area (TPSA) is 103 Å². The number of aromatic nitrogens is 3. The molecule has 0 saturated carbocycles. The van der Waals surface area contributed by atoms with Crippen molar-refractivity contribution in [3.8, 4) is 11.6 Å². The van der Waals surface area contributed by atoms with E-state index in [4.69, 9.17) is 4.74 Å². The van der Waals surface area contributed by atoms with Crippen LogP contribution in [0.5, 0.6) is 11.6 Å². The van der Waals surface area contributed by atoms with Crippen LogP contribution < -0.4 is 10.1 Å². The highest BCUT2D eigenvalue weighted by Crippen LogP contribution is 2.35. The number of nitrogens with zero attached hydrogens (tertiary/aromatic N) is 4. The molecule has 26 heavy (non-hydrogen) atoms. The number of nitro groups is 1. The van der Waals surface area contributed by atoms with Crippen molar-refractivity contribution < 1.29 is 9.66 Å². The highest BCUT2D eigenvalue weighted by molar-refractivity contribution is 5.67. The third kappa shape index (κ3) is 3.75. The maximum absolute atomic E-state index is 11.6. The molecule has 0 fully saturated rings. The smallest absolute Gasteiger partial charge is 0.373 e. The first-order valence-corrected chi connectivity index (χ1v) is 7.88. The number of pyridine rings is 1. The number of nitrogens with one attached hydrogen (secondary N) is 1. The van der Waals surface area contributed by atoms with E-state index in [-0.39, 0.29) is 17.4 Å². The minimum atomic E-state index is -0.576. The molecule has 0 aliphatic rings. The van der Waals surface area contributed by atoms with Crippen molar-refractivity contribution in [2.45, 2.75) is 20.8 Å². The summed E-state index contributed by atoms with van der Waals surface area (Å²) in [6.07, 6.45) is 2.86. The zero-order valence-electron chi connectivity index (χ0n) is 14.6. The lowest BCUT2D eigenvalue weighted by molar-refractivity contribution is -0.385. The lowest BCUT2D eigenvalue weighted by atomic mass is 10.1. The lowest BCUT2D eigenvalue weighted by Crippen LogP contribution is -2.04. The van der Waals surface area contributed by atoms with E-state index in [2.05, 4.69) is 20.3 Å². The molecule has 1 N–H and O–H groups in total. The van der Waals surface area contributed by atoms with Gasteiger partial charge in [0.1, 0.15) is 17.9 Å².